The van der Waals surface area contributed by atoms with Crippen molar-refractivity contribution >= 4 is 0 Å². The summed E-state index contributed by atoms with van der Waals surface area (Å²) in [6.45, 7) is 5.68. The predicted octanol–water partition coefficient (Wildman–Crippen LogP) is 1.10. The molecule has 0 aromatic rings. The average molecular weight is 142 g/mol. The highest BCUT2D eigenvalue weighted by molar-refractivity contribution is 4.99. The van der Waals surface area contributed by atoms with Crippen molar-refractivity contribution < 1.29 is 9.84 Å². The molecule has 1 aliphatic heterocycles. The van der Waals surface area contributed by atoms with Crippen molar-refractivity contribution in [3.63, 3.8) is 0 Å². The third-order valence-corrected chi connectivity index (χ3v) is 1.98. The summed E-state index contributed by atoms with van der Waals surface area (Å²) in [6, 6.07) is 0. The van der Waals surface area contributed by atoms with E-state index in [1.165, 1.54) is 0 Å². The Morgan fingerprint density at radius 1 is 1.80 bits per heavy atom. The van der Waals surface area contributed by atoms with Crippen LogP contribution in [0.5, 0.6) is 0 Å². The Bertz CT molecular complexity index is 133. The lowest BCUT2D eigenvalue weighted by molar-refractivity contribution is 0.184. The lowest BCUT2D eigenvalue weighted by Gasteiger charge is -1.97. The number of ether oxygens (including phenoxy) is 1. The van der Waals surface area contributed by atoms with Gasteiger partial charge in [0.1, 0.15) is 5.60 Å². The molecule has 0 aromatic heterocycles. The molecule has 1 saturated heterocycles. The van der Waals surface area contributed by atoms with Gasteiger partial charge in [0.15, 0.2) is 0 Å². The molecular weight excluding hydrogens is 128 g/mol. The minimum absolute atomic E-state index is 0.134. The van der Waals surface area contributed by atoms with Gasteiger partial charge in [0.2, 0.25) is 0 Å². The molecule has 0 spiro atoms. The average Bonchev–Trinajstić information content (AvgIpc) is 2.59. The van der Waals surface area contributed by atoms with Gasteiger partial charge in [-0.05, 0) is 19.8 Å². The van der Waals surface area contributed by atoms with E-state index in [0.29, 0.717) is 0 Å². The number of hydrogen-bond donors (Lipinski definition) is 1. The third kappa shape index (κ3) is 1.39. The zero-order valence-electron chi connectivity index (χ0n) is 6.34. The number of aliphatic hydroxyl groups is 1. The van der Waals surface area contributed by atoms with Gasteiger partial charge in [0.25, 0.3) is 0 Å². The minimum Gasteiger partial charge on any atom is -0.393 e. The second kappa shape index (κ2) is 2.72. The lowest BCUT2D eigenvalue weighted by atomic mass is 10.1. The normalized spacial score (nSPS) is 37.6. The molecule has 2 nitrogen and oxygen atoms in total. The maximum absolute atomic E-state index is 8.78. The van der Waals surface area contributed by atoms with Gasteiger partial charge in [-0.2, -0.15) is 0 Å². The van der Waals surface area contributed by atoms with Crippen molar-refractivity contribution in [1.82, 2.24) is 0 Å². The second-order valence-corrected chi connectivity index (χ2v) is 2.94. The zero-order chi connectivity index (χ0) is 7.61. The first-order chi connectivity index (χ1) is 4.73. The maximum atomic E-state index is 8.78. The molecule has 1 aliphatic rings. The van der Waals surface area contributed by atoms with Crippen molar-refractivity contribution in [2.45, 2.75) is 31.5 Å². The SMILES string of the molecule is C=CCC[C@H]1O[C@@]1(C)CO. The third-order valence-electron chi connectivity index (χ3n) is 1.98. The fourth-order valence-electron chi connectivity index (χ4n) is 1.06. The topological polar surface area (TPSA) is 32.8 Å². The molecule has 0 unspecified atom stereocenters. The predicted molar refractivity (Wildman–Crippen MR) is 39.8 cm³/mol. The molecule has 0 saturated carbocycles. The molecule has 0 bridgehead atoms. The number of aliphatic hydroxyl groups excluding tert-OH is 1. The van der Waals surface area contributed by atoms with Crippen LogP contribution >= 0.6 is 0 Å². The van der Waals surface area contributed by atoms with Crippen molar-refractivity contribution in [3.8, 4) is 0 Å². The molecule has 10 heavy (non-hydrogen) atoms. The van der Waals surface area contributed by atoms with Crippen LogP contribution in [0.4, 0.5) is 0 Å². The monoisotopic (exact) mass is 142 g/mol. The Balaban J connectivity index is 2.18. The van der Waals surface area contributed by atoms with E-state index < -0.39 is 0 Å². The van der Waals surface area contributed by atoms with Gasteiger partial charge in [-0.25, -0.2) is 0 Å². The molecule has 1 fully saturated rings. The first kappa shape index (κ1) is 7.76. The number of epoxide rings is 1. The standard InChI is InChI=1S/C8H14O2/c1-3-4-5-7-8(2,6-9)10-7/h3,7,9H,1,4-6H2,2H3/t7-,8+/m1/s1. The van der Waals surface area contributed by atoms with Gasteiger partial charge in [-0.3, -0.25) is 0 Å². The minimum atomic E-state index is -0.233. The molecule has 1 N–H and O–H groups in total. The first-order valence-electron chi connectivity index (χ1n) is 3.62. The second-order valence-electron chi connectivity index (χ2n) is 2.94. The molecule has 0 amide bonds. The highest BCUT2D eigenvalue weighted by atomic mass is 16.6. The maximum Gasteiger partial charge on any atom is 0.115 e. The molecule has 2 atom stereocenters. The van der Waals surface area contributed by atoms with Crippen LogP contribution in [0.2, 0.25) is 0 Å². The smallest absolute Gasteiger partial charge is 0.115 e. The highest BCUT2D eigenvalue weighted by Crippen LogP contribution is 2.38. The van der Waals surface area contributed by atoms with Crippen LogP contribution in [0.15, 0.2) is 12.7 Å². The van der Waals surface area contributed by atoms with E-state index in [4.69, 9.17) is 9.84 Å². The zero-order valence-corrected chi connectivity index (χ0v) is 6.34. The summed E-state index contributed by atoms with van der Waals surface area (Å²) < 4.78 is 5.26. The fourth-order valence-corrected chi connectivity index (χ4v) is 1.06. The summed E-state index contributed by atoms with van der Waals surface area (Å²) in [5.74, 6) is 0. The van der Waals surface area contributed by atoms with Gasteiger partial charge >= 0.3 is 0 Å². The van der Waals surface area contributed by atoms with Gasteiger partial charge in [-0.1, -0.05) is 6.08 Å². The Hall–Kier alpha value is -0.340. The van der Waals surface area contributed by atoms with Crippen molar-refractivity contribution in [1.29, 1.82) is 0 Å². The van der Waals surface area contributed by atoms with Crippen LogP contribution in [0, 0.1) is 0 Å². The lowest BCUT2D eigenvalue weighted by Crippen LogP contribution is -2.14. The van der Waals surface area contributed by atoms with Gasteiger partial charge in [0.05, 0.1) is 12.7 Å². The van der Waals surface area contributed by atoms with Crippen molar-refractivity contribution in [2.24, 2.45) is 0 Å². The summed E-state index contributed by atoms with van der Waals surface area (Å²) in [6.07, 6.45) is 4.09. The van der Waals surface area contributed by atoms with Crippen molar-refractivity contribution in [3.05, 3.63) is 12.7 Å². The van der Waals surface area contributed by atoms with Gasteiger partial charge in [0, 0.05) is 0 Å². The van der Waals surface area contributed by atoms with E-state index in [9.17, 15) is 0 Å². The van der Waals surface area contributed by atoms with E-state index in [1.54, 1.807) is 0 Å². The fraction of sp³-hybridized carbons (Fsp3) is 0.750. The molecule has 0 aromatic carbocycles. The molecule has 0 radical (unpaired) electrons. The van der Waals surface area contributed by atoms with Gasteiger partial charge in [-0.15, -0.1) is 6.58 Å². The summed E-state index contributed by atoms with van der Waals surface area (Å²) in [7, 11) is 0. The quantitative estimate of drug-likeness (QED) is 0.471. The molecule has 58 valence electrons. The largest absolute Gasteiger partial charge is 0.393 e. The van der Waals surface area contributed by atoms with Crippen LogP contribution in [0.3, 0.4) is 0 Å². The molecular formula is C8H14O2. The Morgan fingerprint density at radius 3 is 2.90 bits per heavy atom. The first-order valence-corrected chi connectivity index (χ1v) is 3.62. The Morgan fingerprint density at radius 2 is 2.50 bits per heavy atom. The molecule has 1 rings (SSSR count). The summed E-state index contributed by atoms with van der Waals surface area (Å²) in [4.78, 5) is 0. The summed E-state index contributed by atoms with van der Waals surface area (Å²) >= 11 is 0. The molecule has 2 heteroatoms. The van der Waals surface area contributed by atoms with E-state index in [-0.39, 0.29) is 18.3 Å². The van der Waals surface area contributed by atoms with Gasteiger partial charge < -0.3 is 9.84 Å². The van der Waals surface area contributed by atoms with Crippen LogP contribution in [0.1, 0.15) is 19.8 Å². The van der Waals surface area contributed by atoms with Crippen LogP contribution < -0.4 is 0 Å². The van der Waals surface area contributed by atoms with E-state index in [0.717, 1.165) is 12.8 Å². The number of rotatable bonds is 4. The van der Waals surface area contributed by atoms with Crippen molar-refractivity contribution in [2.75, 3.05) is 6.61 Å². The summed E-state index contributed by atoms with van der Waals surface area (Å²) in [5, 5.41) is 8.78. The Labute approximate surface area is 61.5 Å². The highest BCUT2D eigenvalue weighted by Gasteiger charge is 2.50. The Kier molecular flexibility index (Phi) is 2.11. The van der Waals surface area contributed by atoms with Crippen LogP contribution in [-0.4, -0.2) is 23.4 Å². The number of hydrogen-bond acceptors (Lipinski definition) is 2. The van der Waals surface area contributed by atoms with Crippen LogP contribution in [0.25, 0.3) is 0 Å². The molecule has 0 aliphatic carbocycles. The van der Waals surface area contributed by atoms with E-state index in [2.05, 4.69) is 6.58 Å². The van der Waals surface area contributed by atoms with E-state index in [1.807, 2.05) is 13.0 Å². The molecule has 1 heterocycles. The number of allylic oxidation sites excluding steroid dienone is 1. The summed E-state index contributed by atoms with van der Waals surface area (Å²) in [5.41, 5.74) is -0.233. The van der Waals surface area contributed by atoms with Crippen LogP contribution in [-0.2, 0) is 4.74 Å². The van der Waals surface area contributed by atoms with E-state index >= 15 is 0 Å².